The topological polar surface area (TPSA) is 52.6 Å². The van der Waals surface area contributed by atoms with Crippen molar-refractivity contribution in [2.75, 3.05) is 13.2 Å². The summed E-state index contributed by atoms with van der Waals surface area (Å²) in [5.41, 5.74) is 0. The lowest BCUT2D eigenvalue weighted by molar-refractivity contribution is -0.156. The van der Waals surface area contributed by atoms with Crippen molar-refractivity contribution in [2.45, 2.75) is 124 Å². The molecule has 0 aromatic heterocycles. The molecule has 0 spiro atoms. The molecule has 0 bridgehead atoms. The summed E-state index contributed by atoms with van der Waals surface area (Å²) in [6, 6.07) is 0. The lowest BCUT2D eigenvalue weighted by Gasteiger charge is -2.26. The van der Waals surface area contributed by atoms with Crippen molar-refractivity contribution in [3.05, 3.63) is 0 Å². The molecule has 1 aliphatic rings. The van der Waals surface area contributed by atoms with E-state index in [0.717, 1.165) is 57.8 Å². The number of unbranched alkanes of at least 4 members (excludes halogenated alkanes) is 7. The Balaban J connectivity index is 2.19. The summed E-state index contributed by atoms with van der Waals surface area (Å²) in [6.45, 7) is 7.74. The van der Waals surface area contributed by atoms with Gasteiger partial charge in [0.05, 0.1) is 25.0 Å². The van der Waals surface area contributed by atoms with Gasteiger partial charge in [-0.1, -0.05) is 78.6 Å². The third-order valence-corrected chi connectivity index (χ3v) is 6.51. The van der Waals surface area contributed by atoms with E-state index in [-0.39, 0.29) is 23.8 Å². The van der Waals surface area contributed by atoms with Gasteiger partial charge >= 0.3 is 11.9 Å². The Labute approximate surface area is 185 Å². The largest absolute Gasteiger partial charge is 0.465 e. The van der Waals surface area contributed by atoms with E-state index in [2.05, 4.69) is 20.8 Å². The number of ether oxygens (including phenoxy) is 2. The Hall–Kier alpha value is -1.06. The number of rotatable bonds is 17. The molecule has 0 aromatic rings. The van der Waals surface area contributed by atoms with Gasteiger partial charge in [-0.05, 0) is 50.9 Å². The minimum Gasteiger partial charge on any atom is -0.465 e. The SMILES string of the molecule is CCCCCCCCOC(=O)C1CCC(C(=O)OCC(CCC)CCCCC)CC1. The fourth-order valence-electron chi connectivity index (χ4n) is 4.46. The van der Waals surface area contributed by atoms with Crippen LogP contribution in [0.25, 0.3) is 0 Å². The third kappa shape index (κ3) is 12.0. The summed E-state index contributed by atoms with van der Waals surface area (Å²) in [5, 5.41) is 0. The molecule has 30 heavy (non-hydrogen) atoms. The van der Waals surface area contributed by atoms with Gasteiger partial charge in [0.25, 0.3) is 0 Å². The zero-order valence-electron chi connectivity index (χ0n) is 20.1. The maximum absolute atomic E-state index is 12.5. The lowest BCUT2D eigenvalue weighted by Crippen LogP contribution is -2.29. The second-order valence-corrected chi connectivity index (χ2v) is 9.26. The van der Waals surface area contributed by atoms with Crippen molar-refractivity contribution >= 4 is 11.9 Å². The second-order valence-electron chi connectivity index (χ2n) is 9.26. The maximum atomic E-state index is 12.5. The highest BCUT2D eigenvalue weighted by atomic mass is 16.5. The van der Waals surface area contributed by atoms with Crippen LogP contribution in [0.15, 0.2) is 0 Å². The van der Waals surface area contributed by atoms with Crippen LogP contribution < -0.4 is 0 Å². The van der Waals surface area contributed by atoms with Crippen LogP contribution in [-0.2, 0) is 19.1 Å². The molecule has 1 atom stereocenters. The predicted molar refractivity (Wildman–Crippen MR) is 123 cm³/mol. The Morgan fingerprint density at radius 3 is 1.80 bits per heavy atom. The molecule has 1 aliphatic carbocycles. The lowest BCUT2D eigenvalue weighted by atomic mass is 9.82. The molecule has 1 rings (SSSR count). The predicted octanol–water partition coefficient (Wildman–Crippen LogP) is 7.24. The van der Waals surface area contributed by atoms with Crippen molar-refractivity contribution in [1.82, 2.24) is 0 Å². The van der Waals surface area contributed by atoms with E-state index in [1.807, 2.05) is 0 Å². The molecule has 1 fully saturated rings. The smallest absolute Gasteiger partial charge is 0.308 e. The number of carbonyl (C=O) groups excluding carboxylic acids is 2. The first-order valence-electron chi connectivity index (χ1n) is 13.0. The molecular formula is C26H48O4. The first kappa shape index (κ1) is 27.0. The molecule has 0 saturated heterocycles. The van der Waals surface area contributed by atoms with Gasteiger partial charge < -0.3 is 9.47 Å². The van der Waals surface area contributed by atoms with Gasteiger partial charge in [-0.15, -0.1) is 0 Å². The summed E-state index contributed by atoms with van der Waals surface area (Å²) in [5.74, 6) is 0.320. The van der Waals surface area contributed by atoms with Crippen LogP contribution in [0.5, 0.6) is 0 Å². The number of carbonyl (C=O) groups is 2. The quantitative estimate of drug-likeness (QED) is 0.182. The molecule has 4 heteroatoms. The van der Waals surface area contributed by atoms with E-state index in [1.54, 1.807) is 0 Å². The van der Waals surface area contributed by atoms with E-state index < -0.39 is 0 Å². The normalized spacial score (nSPS) is 20.0. The molecule has 0 aromatic carbocycles. The van der Waals surface area contributed by atoms with Gasteiger partial charge in [0.2, 0.25) is 0 Å². The molecule has 1 saturated carbocycles. The van der Waals surface area contributed by atoms with Gasteiger partial charge in [0.1, 0.15) is 0 Å². The van der Waals surface area contributed by atoms with E-state index in [0.29, 0.717) is 19.1 Å². The molecule has 0 N–H and O–H groups in total. The average Bonchev–Trinajstić information content (AvgIpc) is 2.76. The monoisotopic (exact) mass is 424 g/mol. The zero-order valence-corrected chi connectivity index (χ0v) is 20.1. The van der Waals surface area contributed by atoms with Crippen molar-refractivity contribution in [3.63, 3.8) is 0 Å². The molecule has 0 amide bonds. The molecule has 0 aliphatic heterocycles. The molecule has 0 radical (unpaired) electrons. The van der Waals surface area contributed by atoms with Crippen molar-refractivity contribution in [2.24, 2.45) is 17.8 Å². The van der Waals surface area contributed by atoms with Gasteiger partial charge in [-0.2, -0.15) is 0 Å². The van der Waals surface area contributed by atoms with Crippen LogP contribution in [0.4, 0.5) is 0 Å². The Morgan fingerprint density at radius 1 is 0.667 bits per heavy atom. The molecule has 4 nitrogen and oxygen atoms in total. The van der Waals surface area contributed by atoms with E-state index in [4.69, 9.17) is 9.47 Å². The molecule has 176 valence electrons. The first-order valence-corrected chi connectivity index (χ1v) is 13.0. The summed E-state index contributed by atoms with van der Waals surface area (Å²) < 4.78 is 11.2. The summed E-state index contributed by atoms with van der Waals surface area (Å²) >= 11 is 0. The fraction of sp³-hybridized carbons (Fsp3) is 0.923. The number of hydrogen-bond acceptors (Lipinski definition) is 4. The number of hydrogen-bond donors (Lipinski definition) is 0. The summed E-state index contributed by atoms with van der Waals surface area (Å²) in [7, 11) is 0. The van der Waals surface area contributed by atoms with Gasteiger partial charge in [-0.25, -0.2) is 0 Å². The minimum absolute atomic E-state index is 0.0315. The van der Waals surface area contributed by atoms with Crippen molar-refractivity contribution < 1.29 is 19.1 Å². The molecule has 0 heterocycles. The van der Waals surface area contributed by atoms with Crippen molar-refractivity contribution in [3.8, 4) is 0 Å². The minimum atomic E-state index is -0.0608. The Morgan fingerprint density at radius 2 is 1.20 bits per heavy atom. The highest BCUT2D eigenvalue weighted by Crippen LogP contribution is 2.31. The highest BCUT2D eigenvalue weighted by molar-refractivity contribution is 5.75. The van der Waals surface area contributed by atoms with Crippen LogP contribution in [-0.4, -0.2) is 25.2 Å². The molecule has 1 unspecified atom stereocenters. The van der Waals surface area contributed by atoms with E-state index in [1.165, 1.54) is 44.9 Å². The fourth-order valence-corrected chi connectivity index (χ4v) is 4.46. The van der Waals surface area contributed by atoms with Gasteiger partial charge in [0, 0.05) is 0 Å². The molecular weight excluding hydrogens is 376 g/mol. The standard InChI is InChI=1S/C26H48O4/c1-4-7-9-10-11-13-20-29-25(27)23-16-18-24(19-17-23)26(28)30-21-22(14-6-3)15-12-8-5-2/h22-24H,4-21H2,1-3H3. The highest BCUT2D eigenvalue weighted by Gasteiger charge is 2.31. The summed E-state index contributed by atoms with van der Waals surface area (Å²) in [6.07, 6.45) is 17.3. The zero-order chi connectivity index (χ0) is 22.0. The van der Waals surface area contributed by atoms with Crippen LogP contribution in [0.1, 0.15) is 124 Å². The van der Waals surface area contributed by atoms with Crippen LogP contribution in [0.2, 0.25) is 0 Å². The summed E-state index contributed by atoms with van der Waals surface area (Å²) in [4.78, 5) is 24.8. The number of esters is 2. The van der Waals surface area contributed by atoms with Crippen molar-refractivity contribution in [1.29, 1.82) is 0 Å². The maximum Gasteiger partial charge on any atom is 0.308 e. The van der Waals surface area contributed by atoms with Crippen LogP contribution in [0.3, 0.4) is 0 Å². The van der Waals surface area contributed by atoms with E-state index >= 15 is 0 Å². The van der Waals surface area contributed by atoms with Crippen LogP contribution >= 0.6 is 0 Å². The second kappa shape index (κ2) is 17.6. The van der Waals surface area contributed by atoms with E-state index in [9.17, 15) is 9.59 Å². The first-order chi connectivity index (χ1) is 14.6. The van der Waals surface area contributed by atoms with Crippen LogP contribution in [0, 0.1) is 17.8 Å². The Bertz CT molecular complexity index is 440. The van der Waals surface area contributed by atoms with Gasteiger partial charge in [0.15, 0.2) is 0 Å². The third-order valence-electron chi connectivity index (χ3n) is 6.51. The van der Waals surface area contributed by atoms with Gasteiger partial charge in [-0.3, -0.25) is 9.59 Å². The Kier molecular flexibility index (Phi) is 15.8. The average molecular weight is 425 g/mol.